The van der Waals surface area contributed by atoms with E-state index in [9.17, 15) is 0 Å². The summed E-state index contributed by atoms with van der Waals surface area (Å²) in [5, 5.41) is 9.55. The Hall–Kier alpha value is -0.850. The molecule has 0 aliphatic carbocycles. The van der Waals surface area contributed by atoms with E-state index in [2.05, 4.69) is 52.3 Å². The zero-order valence-corrected chi connectivity index (χ0v) is 18.3. The first-order valence-corrected chi connectivity index (χ1v) is 9.61. The molecule has 0 spiro atoms. The van der Waals surface area contributed by atoms with Gasteiger partial charge < -0.3 is 9.84 Å². The SMILES string of the molecule is Cl.Cl.OCCOCCN1CCN([C@H](c2ccccc2)c2ccc(Cl)cc2)CC1. The molecular formula is C21H29Cl3N2O2. The van der Waals surface area contributed by atoms with Gasteiger partial charge in [0.15, 0.2) is 0 Å². The van der Waals surface area contributed by atoms with Crippen molar-refractivity contribution in [1.82, 2.24) is 9.80 Å². The molecule has 4 nitrogen and oxygen atoms in total. The van der Waals surface area contributed by atoms with Crippen LogP contribution in [0.3, 0.4) is 0 Å². The minimum Gasteiger partial charge on any atom is -0.394 e. The van der Waals surface area contributed by atoms with Gasteiger partial charge in [-0.1, -0.05) is 54.1 Å². The van der Waals surface area contributed by atoms with E-state index in [-0.39, 0.29) is 37.5 Å². The second-order valence-electron chi connectivity index (χ2n) is 6.58. The van der Waals surface area contributed by atoms with Gasteiger partial charge in [-0.05, 0) is 23.3 Å². The van der Waals surface area contributed by atoms with Crippen LogP contribution in [0.4, 0.5) is 0 Å². The molecular weight excluding hydrogens is 419 g/mol. The van der Waals surface area contributed by atoms with Crippen LogP contribution in [0.25, 0.3) is 0 Å². The van der Waals surface area contributed by atoms with Crippen LogP contribution in [0, 0.1) is 0 Å². The van der Waals surface area contributed by atoms with Crippen molar-refractivity contribution in [3.05, 3.63) is 70.7 Å². The monoisotopic (exact) mass is 446 g/mol. The number of aliphatic hydroxyl groups excluding tert-OH is 1. The molecule has 0 saturated carbocycles. The van der Waals surface area contributed by atoms with Crippen molar-refractivity contribution in [2.24, 2.45) is 0 Å². The lowest BCUT2D eigenvalue weighted by molar-refractivity contribution is 0.0522. The van der Waals surface area contributed by atoms with Gasteiger partial charge in [-0.3, -0.25) is 9.80 Å². The number of rotatable bonds is 8. The van der Waals surface area contributed by atoms with Gasteiger partial charge in [-0.25, -0.2) is 0 Å². The zero-order chi connectivity index (χ0) is 18.2. The third kappa shape index (κ3) is 7.20. The molecule has 1 saturated heterocycles. The first kappa shape index (κ1) is 25.2. The number of aliphatic hydroxyl groups is 1. The molecule has 0 amide bonds. The van der Waals surface area contributed by atoms with E-state index < -0.39 is 0 Å². The maximum absolute atomic E-state index is 8.78. The highest BCUT2D eigenvalue weighted by atomic mass is 35.5. The molecule has 1 aliphatic rings. The minimum absolute atomic E-state index is 0. The summed E-state index contributed by atoms with van der Waals surface area (Å²) < 4.78 is 5.39. The molecule has 1 atom stereocenters. The number of hydrogen-bond donors (Lipinski definition) is 1. The van der Waals surface area contributed by atoms with Crippen LogP contribution in [-0.4, -0.2) is 67.5 Å². The Labute approximate surface area is 185 Å². The first-order chi connectivity index (χ1) is 12.8. The van der Waals surface area contributed by atoms with Crippen molar-refractivity contribution in [2.75, 3.05) is 52.5 Å². The molecule has 1 N–H and O–H groups in total. The first-order valence-electron chi connectivity index (χ1n) is 9.23. The van der Waals surface area contributed by atoms with Gasteiger partial charge in [0, 0.05) is 37.7 Å². The number of benzene rings is 2. The number of nitrogens with zero attached hydrogens (tertiary/aromatic N) is 2. The molecule has 0 aromatic heterocycles. The van der Waals surface area contributed by atoms with Gasteiger partial charge in [-0.2, -0.15) is 0 Å². The average molecular weight is 448 g/mol. The van der Waals surface area contributed by atoms with E-state index in [1.807, 2.05) is 12.1 Å². The molecule has 2 aromatic rings. The second kappa shape index (κ2) is 13.4. The summed E-state index contributed by atoms with van der Waals surface area (Å²) in [5.74, 6) is 0. The third-order valence-corrected chi connectivity index (χ3v) is 5.11. The summed E-state index contributed by atoms with van der Waals surface area (Å²) in [6, 6.07) is 19.1. The molecule has 2 aromatic carbocycles. The summed E-state index contributed by atoms with van der Waals surface area (Å²) in [7, 11) is 0. The highest BCUT2D eigenvalue weighted by Gasteiger charge is 2.26. The lowest BCUT2D eigenvalue weighted by Crippen LogP contribution is -2.48. The summed E-state index contributed by atoms with van der Waals surface area (Å²) in [5.41, 5.74) is 2.59. The van der Waals surface area contributed by atoms with E-state index in [4.69, 9.17) is 21.4 Å². The van der Waals surface area contributed by atoms with Crippen molar-refractivity contribution in [2.45, 2.75) is 6.04 Å². The highest BCUT2D eigenvalue weighted by molar-refractivity contribution is 6.30. The number of ether oxygens (including phenoxy) is 1. The van der Waals surface area contributed by atoms with Crippen LogP contribution in [0.15, 0.2) is 54.6 Å². The summed E-state index contributed by atoms with van der Waals surface area (Å²) in [6.45, 7) is 6.20. The van der Waals surface area contributed by atoms with Gasteiger partial charge in [0.05, 0.1) is 25.9 Å². The maximum Gasteiger partial charge on any atom is 0.0698 e. The van der Waals surface area contributed by atoms with Crippen LogP contribution in [0.5, 0.6) is 0 Å². The van der Waals surface area contributed by atoms with Gasteiger partial charge in [0.25, 0.3) is 0 Å². The third-order valence-electron chi connectivity index (χ3n) is 4.86. The Morgan fingerprint density at radius 2 is 1.46 bits per heavy atom. The smallest absolute Gasteiger partial charge is 0.0698 e. The molecule has 7 heteroatoms. The standard InChI is InChI=1S/C21H27ClN2O2.2ClH/c22-20-8-6-19(7-9-20)21(18-4-2-1-3-5-18)24-12-10-23(11-13-24)14-16-26-17-15-25;;/h1-9,21,25H,10-17H2;2*1H/t21-;;/m1../s1. The summed E-state index contributed by atoms with van der Waals surface area (Å²) in [6.07, 6.45) is 0. The number of hydrogen-bond acceptors (Lipinski definition) is 4. The fraction of sp³-hybridized carbons (Fsp3) is 0.429. The topological polar surface area (TPSA) is 35.9 Å². The Morgan fingerprint density at radius 3 is 2.07 bits per heavy atom. The van der Waals surface area contributed by atoms with Crippen molar-refractivity contribution in [3.8, 4) is 0 Å². The van der Waals surface area contributed by atoms with Gasteiger partial charge in [0.2, 0.25) is 0 Å². The van der Waals surface area contributed by atoms with Crippen molar-refractivity contribution < 1.29 is 9.84 Å². The van der Waals surface area contributed by atoms with Gasteiger partial charge >= 0.3 is 0 Å². The molecule has 1 heterocycles. The molecule has 1 aliphatic heterocycles. The van der Waals surface area contributed by atoms with E-state index in [0.717, 1.165) is 37.7 Å². The molecule has 0 radical (unpaired) electrons. The number of halogens is 3. The average Bonchev–Trinajstić information content (AvgIpc) is 2.69. The summed E-state index contributed by atoms with van der Waals surface area (Å²) >= 11 is 6.09. The van der Waals surface area contributed by atoms with Crippen LogP contribution >= 0.6 is 36.4 Å². The molecule has 0 unspecified atom stereocenters. The Bertz CT molecular complexity index is 650. The Morgan fingerprint density at radius 1 is 0.857 bits per heavy atom. The van der Waals surface area contributed by atoms with E-state index in [0.29, 0.717) is 13.2 Å². The molecule has 156 valence electrons. The van der Waals surface area contributed by atoms with Crippen LogP contribution < -0.4 is 0 Å². The zero-order valence-electron chi connectivity index (χ0n) is 15.9. The number of piperazine rings is 1. The fourth-order valence-electron chi connectivity index (χ4n) is 3.50. The molecule has 0 bridgehead atoms. The lowest BCUT2D eigenvalue weighted by Gasteiger charge is -2.39. The minimum atomic E-state index is 0. The fourth-order valence-corrected chi connectivity index (χ4v) is 3.63. The lowest BCUT2D eigenvalue weighted by atomic mass is 9.96. The normalized spacial score (nSPS) is 16.1. The molecule has 28 heavy (non-hydrogen) atoms. The quantitative estimate of drug-likeness (QED) is 0.623. The predicted molar refractivity (Wildman–Crippen MR) is 120 cm³/mol. The van der Waals surface area contributed by atoms with Crippen molar-refractivity contribution in [1.29, 1.82) is 0 Å². The Balaban J connectivity index is 0.00000196. The largest absolute Gasteiger partial charge is 0.394 e. The van der Waals surface area contributed by atoms with Crippen molar-refractivity contribution in [3.63, 3.8) is 0 Å². The molecule has 3 rings (SSSR count). The Kier molecular flexibility index (Phi) is 12.0. The maximum atomic E-state index is 8.78. The van der Waals surface area contributed by atoms with Crippen LogP contribution in [0.2, 0.25) is 5.02 Å². The van der Waals surface area contributed by atoms with Crippen LogP contribution in [0.1, 0.15) is 17.2 Å². The predicted octanol–water partition coefficient (Wildman–Crippen LogP) is 3.90. The van der Waals surface area contributed by atoms with Gasteiger partial charge in [0.1, 0.15) is 0 Å². The van der Waals surface area contributed by atoms with E-state index >= 15 is 0 Å². The highest BCUT2D eigenvalue weighted by Crippen LogP contribution is 2.30. The second-order valence-corrected chi connectivity index (χ2v) is 7.01. The molecule has 1 fully saturated rings. The van der Waals surface area contributed by atoms with Crippen LogP contribution in [-0.2, 0) is 4.74 Å². The van der Waals surface area contributed by atoms with E-state index in [1.165, 1.54) is 11.1 Å². The van der Waals surface area contributed by atoms with E-state index in [1.54, 1.807) is 0 Å². The van der Waals surface area contributed by atoms with Crippen molar-refractivity contribution >= 4 is 36.4 Å². The summed E-state index contributed by atoms with van der Waals surface area (Å²) in [4.78, 5) is 4.97. The van der Waals surface area contributed by atoms with Gasteiger partial charge in [-0.15, -0.1) is 24.8 Å².